The average molecular weight is 346 g/mol. The summed E-state index contributed by atoms with van der Waals surface area (Å²) in [6.07, 6.45) is 4.29. The molecule has 134 valence electrons. The fourth-order valence-electron chi connectivity index (χ4n) is 4.44. The number of benzene rings is 2. The van der Waals surface area contributed by atoms with Crippen LogP contribution in [0.1, 0.15) is 36.8 Å². The van der Waals surface area contributed by atoms with E-state index in [2.05, 4.69) is 53.2 Å². The summed E-state index contributed by atoms with van der Waals surface area (Å²) in [5, 5.41) is 1.87. The number of H-pyrrole nitrogens is 1. The lowest BCUT2D eigenvalue weighted by atomic mass is 9.79. The number of aromatic amines is 1. The van der Waals surface area contributed by atoms with Gasteiger partial charge in [-0.3, -0.25) is 9.69 Å². The molecule has 0 bridgehead atoms. The molecule has 26 heavy (non-hydrogen) atoms. The molecule has 3 nitrogen and oxygen atoms in total. The maximum Gasteiger partial charge on any atom is 0.255 e. The summed E-state index contributed by atoms with van der Waals surface area (Å²) in [6.45, 7) is 5.42. The third-order valence-corrected chi connectivity index (χ3v) is 5.86. The third kappa shape index (κ3) is 3.32. The molecule has 3 heteroatoms. The second-order valence-electron chi connectivity index (χ2n) is 7.40. The number of hydrogen-bond acceptors (Lipinski definition) is 2. The van der Waals surface area contributed by atoms with E-state index in [1.807, 2.05) is 24.4 Å². The Balaban J connectivity index is 1.54. The minimum absolute atomic E-state index is 0.00132. The molecule has 2 unspecified atom stereocenters. The van der Waals surface area contributed by atoms with Crippen molar-refractivity contribution in [1.29, 1.82) is 0 Å². The summed E-state index contributed by atoms with van der Waals surface area (Å²) in [5.74, 6) is 1.34. The molecular formula is C23H26N2O. The molecule has 2 atom stereocenters. The largest absolute Gasteiger partial charge is 0.328 e. The SMILES string of the molecule is CCC1CN(Cc2c[nH]c(=O)c3ccccc23)CCC1c1ccccc1. The topological polar surface area (TPSA) is 36.1 Å². The Hall–Kier alpha value is -2.39. The van der Waals surface area contributed by atoms with E-state index < -0.39 is 0 Å². The van der Waals surface area contributed by atoms with Crippen molar-refractivity contribution >= 4 is 10.8 Å². The summed E-state index contributed by atoms with van der Waals surface area (Å²) < 4.78 is 0. The zero-order chi connectivity index (χ0) is 17.9. The van der Waals surface area contributed by atoms with Gasteiger partial charge in [0.25, 0.3) is 5.56 Å². The molecule has 4 rings (SSSR count). The van der Waals surface area contributed by atoms with Crippen LogP contribution in [0.5, 0.6) is 0 Å². The van der Waals surface area contributed by atoms with Crippen LogP contribution in [-0.2, 0) is 6.54 Å². The lowest BCUT2D eigenvalue weighted by molar-refractivity contribution is 0.144. The van der Waals surface area contributed by atoms with Crippen molar-refractivity contribution in [2.24, 2.45) is 5.92 Å². The maximum atomic E-state index is 12.1. The summed E-state index contributed by atoms with van der Waals surface area (Å²) in [4.78, 5) is 17.5. The molecule has 0 saturated carbocycles. The van der Waals surface area contributed by atoms with E-state index in [4.69, 9.17) is 0 Å². The first kappa shape index (κ1) is 17.0. The minimum atomic E-state index is -0.00132. The summed E-state index contributed by atoms with van der Waals surface area (Å²) in [6, 6.07) is 18.9. The van der Waals surface area contributed by atoms with Gasteiger partial charge in [0.15, 0.2) is 0 Å². The molecule has 0 spiro atoms. The predicted molar refractivity (Wildman–Crippen MR) is 107 cm³/mol. The van der Waals surface area contributed by atoms with Crippen LogP contribution in [0.4, 0.5) is 0 Å². The number of piperidine rings is 1. The standard InChI is InChI=1S/C23H26N2O/c1-2-17-15-25(13-12-20(17)18-8-4-3-5-9-18)16-19-14-24-23(26)22-11-7-6-10-21(19)22/h3-11,14,17,20H,2,12-13,15-16H2,1H3,(H,24,26). The zero-order valence-electron chi connectivity index (χ0n) is 15.3. The quantitative estimate of drug-likeness (QED) is 0.753. The van der Waals surface area contributed by atoms with Gasteiger partial charge < -0.3 is 4.98 Å². The average Bonchev–Trinajstić information content (AvgIpc) is 2.71. The molecular weight excluding hydrogens is 320 g/mol. The van der Waals surface area contributed by atoms with Gasteiger partial charge in [-0.1, -0.05) is 61.9 Å². The monoisotopic (exact) mass is 346 g/mol. The van der Waals surface area contributed by atoms with Crippen molar-refractivity contribution in [1.82, 2.24) is 9.88 Å². The number of nitrogens with one attached hydrogen (secondary N) is 1. The fourth-order valence-corrected chi connectivity index (χ4v) is 4.44. The van der Waals surface area contributed by atoms with Crippen molar-refractivity contribution < 1.29 is 0 Å². The van der Waals surface area contributed by atoms with Gasteiger partial charge >= 0.3 is 0 Å². The number of aromatic nitrogens is 1. The first-order valence-electron chi connectivity index (χ1n) is 9.63. The number of likely N-dealkylation sites (tertiary alicyclic amines) is 1. The normalized spacial score (nSPS) is 21.1. The summed E-state index contributed by atoms with van der Waals surface area (Å²) >= 11 is 0. The Kier molecular flexibility index (Phi) is 4.89. The van der Waals surface area contributed by atoms with Crippen LogP contribution in [0.15, 0.2) is 65.6 Å². The Labute approximate surface area is 154 Å². The van der Waals surface area contributed by atoms with Gasteiger partial charge in [-0.2, -0.15) is 0 Å². The van der Waals surface area contributed by atoms with Crippen LogP contribution in [-0.4, -0.2) is 23.0 Å². The number of hydrogen-bond donors (Lipinski definition) is 1. The van der Waals surface area contributed by atoms with Crippen molar-refractivity contribution in [3.63, 3.8) is 0 Å². The van der Waals surface area contributed by atoms with Gasteiger partial charge in [0.1, 0.15) is 0 Å². The van der Waals surface area contributed by atoms with Crippen LogP contribution >= 0.6 is 0 Å². The van der Waals surface area contributed by atoms with E-state index in [0.717, 1.165) is 30.4 Å². The number of pyridine rings is 1. The molecule has 0 radical (unpaired) electrons. The van der Waals surface area contributed by atoms with E-state index in [1.165, 1.54) is 24.0 Å². The van der Waals surface area contributed by atoms with Gasteiger partial charge in [0, 0.05) is 24.7 Å². The second-order valence-corrected chi connectivity index (χ2v) is 7.40. The van der Waals surface area contributed by atoms with Crippen molar-refractivity contribution in [3.05, 3.63) is 82.3 Å². The molecule has 0 aliphatic carbocycles. The predicted octanol–water partition coefficient (Wildman–Crippen LogP) is 4.54. The van der Waals surface area contributed by atoms with E-state index in [1.54, 1.807) is 0 Å². The Morgan fingerprint density at radius 1 is 1.04 bits per heavy atom. The molecule has 2 aromatic carbocycles. The highest BCUT2D eigenvalue weighted by molar-refractivity contribution is 5.84. The molecule has 3 aromatic rings. The molecule has 1 fully saturated rings. The van der Waals surface area contributed by atoms with Crippen LogP contribution < -0.4 is 5.56 Å². The number of nitrogens with zero attached hydrogens (tertiary/aromatic N) is 1. The Morgan fingerprint density at radius 3 is 2.54 bits per heavy atom. The highest BCUT2D eigenvalue weighted by Crippen LogP contribution is 2.35. The lowest BCUT2D eigenvalue weighted by Gasteiger charge is -2.38. The van der Waals surface area contributed by atoms with Crippen LogP contribution in [0.2, 0.25) is 0 Å². The van der Waals surface area contributed by atoms with E-state index in [-0.39, 0.29) is 5.56 Å². The molecule has 1 aliphatic rings. The molecule has 1 N–H and O–H groups in total. The highest BCUT2D eigenvalue weighted by Gasteiger charge is 2.29. The van der Waals surface area contributed by atoms with Gasteiger partial charge in [-0.25, -0.2) is 0 Å². The summed E-state index contributed by atoms with van der Waals surface area (Å²) in [7, 11) is 0. The molecule has 1 aliphatic heterocycles. The summed E-state index contributed by atoms with van der Waals surface area (Å²) in [5.41, 5.74) is 2.69. The smallest absolute Gasteiger partial charge is 0.255 e. The van der Waals surface area contributed by atoms with Gasteiger partial charge in [-0.15, -0.1) is 0 Å². The second kappa shape index (κ2) is 7.46. The first-order valence-corrected chi connectivity index (χ1v) is 9.63. The Morgan fingerprint density at radius 2 is 1.77 bits per heavy atom. The van der Waals surface area contributed by atoms with E-state index in [9.17, 15) is 4.79 Å². The van der Waals surface area contributed by atoms with Gasteiger partial charge in [0.05, 0.1) is 0 Å². The van der Waals surface area contributed by atoms with E-state index >= 15 is 0 Å². The van der Waals surface area contributed by atoms with Gasteiger partial charge in [0.2, 0.25) is 0 Å². The fraction of sp³-hybridized carbons (Fsp3) is 0.348. The molecule has 0 amide bonds. The van der Waals surface area contributed by atoms with Gasteiger partial charge in [-0.05, 0) is 47.4 Å². The van der Waals surface area contributed by atoms with Crippen LogP contribution in [0.3, 0.4) is 0 Å². The number of rotatable bonds is 4. The van der Waals surface area contributed by atoms with E-state index in [0.29, 0.717) is 11.8 Å². The highest BCUT2D eigenvalue weighted by atomic mass is 16.1. The molecule has 1 aromatic heterocycles. The lowest BCUT2D eigenvalue weighted by Crippen LogP contribution is -2.39. The van der Waals surface area contributed by atoms with Crippen molar-refractivity contribution in [2.45, 2.75) is 32.2 Å². The van der Waals surface area contributed by atoms with Crippen molar-refractivity contribution in [2.75, 3.05) is 13.1 Å². The molecule has 1 saturated heterocycles. The zero-order valence-corrected chi connectivity index (χ0v) is 15.3. The third-order valence-electron chi connectivity index (χ3n) is 5.86. The van der Waals surface area contributed by atoms with Crippen LogP contribution in [0.25, 0.3) is 10.8 Å². The minimum Gasteiger partial charge on any atom is -0.328 e. The van der Waals surface area contributed by atoms with Crippen LogP contribution in [0, 0.1) is 5.92 Å². The molecule has 2 heterocycles. The number of fused-ring (bicyclic) bond motifs is 1. The maximum absolute atomic E-state index is 12.1. The Bertz CT molecular complexity index is 932. The first-order chi connectivity index (χ1) is 12.8. The van der Waals surface area contributed by atoms with Crippen molar-refractivity contribution in [3.8, 4) is 0 Å².